The molecule has 0 heterocycles. The van der Waals surface area contributed by atoms with E-state index in [1.165, 1.54) is 25.0 Å². The van der Waals surface area contributed by atoms with Crippen molar-refractivity contribution in [1.29, 1.82) is 0 Å². The molecule has 0 aromatic heterocycles. The van der Waals surface area contributed by atoms with E-state index in [1.54, 1.807) is 0 Å². The van der Waals surface area contributed by atoms with E-state index in [1.807, 2.05) is 11.8 Å². The van der Waals surface area contributed by atoms with Gasteiger partial charge in [-0.15, -0.1) is 0 Å². The Balaban J connectivity index is 3.79. The smallest absolute Gasteiger partial charge is 0.00106 e. The average molecular weight is 217 g/mol. The predicted molar refractivity (Wildman–Crippen MR) is 69.2 cm³/mol. The molecule has 0 aliphatic carbocycles. The standard InChI is InChI=1S/C12H27NS/c1-6-12(4,8-7-9-14-5)10-13-11(2)3/h11,13H,6-10H2,1-5H3. The van der Waals surface area contributed by atoms with Crippen LogP contribution in [0.4, 0.5) is 0 Å². The molecule has 0 aliphatic rings. The van der Waals surface area contributed by atoms with Gasteiger partial charge in [0, 0.05) is 12.6 Å². The summed E-state index contributed by atoms with van der Waals surface area (Å²) in [7, 11) is 0. The quantitative estimate of drug-likeness (QED) is 0.624. The van der Waals surface area contributed by atoms with Crippen LogP contribution in [0, 0.1) is 5.41 Å². The third-order valence-electron chi connectivity index (χ3n) is 2.92. The highest BCUT2D eigenvalue weighted by Gasteiger charge is 2.21. The van der Waals surface area contributed by atoms with Crippen LogP contribution in [0.3, 0.4) is 0 Å². The van der Waals surface area contributed by atoms with Crippen molar-refractivity contribution in [2.75, 3.05) is 18.6 Å². The van der Waals surface area contributed by atoms with E-state index in [9.17, 15) is 0 Å². The summed E-state index contributed by atoms with van der Waals surface area (Å²) in [6, 6.07) is 0.612. The van der Waals surface area contributed by atoms with Gasteiger partial charge in [-0.25, -0.2) is 0 Å². The lowest BCUT2D eigenvalue weighted by molar-refractivity contribution is 0.260. The summed E-state index contributed by atoms with van der Waals surface area (Å²) in [4.78, 5) is 0. The van der Waals surface area contributed by atoms with E-state index in [-0.39, 0.29) is 0 Å². The van der Waals surface area contributed by atoms with Crippen LogP contribution in [0.1, 0.15) is 47.0 Å². The van der Waals surface area contributed by atoms with Gasteiger partial charge < -0.3 is 5.32 Å². The number of hydrogen-bond acceptors (Lipinski definition) is 2. The van der Waals surface area contributed by atoms with Gasteiger partial charge in [0.2, 0.25) is 0 Å². The lowest BCUT2D eigenvalue weighted by Crippen LogP contribution is -2.35. The van der Waals surface area contributed by atoms with Crippen molar-refractivity contribution >= 4 is 11.8 Å². The van der Waals surface area contributed by atoms with E-state index >= 15 is 0 Å². The number of hydrogen-bond donors (Lipinski definition) is 1. The average Bonchev–Trinajstić information content (AvgIpc) is 2.15. The topological polar surface area (TPSA) is 12.0 Å². The Morgan fingerprint density at radius 1 is 1.36 bits per heavy atom. The summed E-state index contributed by atoms with van der Waals surface area (Å²) in [6.45, 7) is 10.3. The zero-order chi connectivity index (χ0) is 11.0. The summed E-state index contributed by atoms with van der Waals surface area (Å²) in [5.74, 6) is 1.30. The molecule has 1 N–H and O–H groups in total. The van der Waals surface area contributed by atoms with Gasteiger partial charge in [0.25, 0.3) is 0 Å². The molecule has 0 saturated carbocycles. The fourth-order valence-electron chi connectivity index (χ4n) is 1.48. The summed E-state index contributed by atoms with van der Waals surface area (Å²) >= 11 is 1.96. The van der Waals surface area contributed by atoms with E-state index in [0.717, 1.165) is 6.54 Å². The minimum absolute atomic E-state index is 0.500. The van der Waals surface area contributed by atoms with Crippen LogP contribution in [0.5, 0.6) is 0 Å². The van der Waals surface area contributed by atoms with Crippen LogP contribution >= 0.6 is 11.8 Å². The molecule has 86 valence electrons. The Labute approximate surface area is 94.4 Å². The number of thioether (sulfide) groups is 1. The SMILES string of the molecule is CCC(C)(CCCSC)CNC(C)C. The van der Waals surface area contributed by atoms with Gasteiger partial charge in [0.15, 0.2) is 0 Å². The second kappa shape index (κ2) is 7.58. The Hall–Kier alpha value is 0.310. The Morgan fingerprint density at radius 3 is 2.43 bits per heavy atom. The lowest BCUT2D eigenvalue weighted by atomic mass is 9.83. The fourth-order valence-corrected chi connectivity index (χ4v) is 1.92. The Bertz CT molecular complexity index is 136. The molecule has 0 saturated heterocycles. The van der Waals surface area contributed by atoms with E-state index in [4.69, 9.17) is 0 Å². The van der Waals surface area contributed by atoms with Gasteiger partial charge in [0.05, 0.1) is 0 Å². The maximum Gasteiger partial charge on any atom is 0.00106 e. The minimum atomic E-state index is 0.500. The number of rotatable bonds is 8. The summed E-state index contributed by atoms with van der Waals surface area (Å²) in [6.07, 6.45) is 6.17. The molecule has 1 atom stereocenters. The van der Waals surface area contributed by atoms with Crippen molar-refractivity contribution in [3.63, 3.8) is 0 Å². The summed E-state index contributed by atoms with van der Waals surface area (Å²) in [5.41, 5.74) is 0.500. The van der Waals surface area contributed by atoms with Crippen LogP contribution in [-0.2, 0) is 0 Å². The molecule has 0 aromatic carbocycles. The van der Waals surface area contributed by atoms with Crippen LogP contribution in [0.25, 0.3) is 0 Å². The lowest BCUT2D eigenvalue weighted by Gasteiger charge is -2.29. The van der Waals surface area contributed by atoms with Gasteiger partial charge in [-0.3, -0.25) is 0 Å². The van der Waals surface area contributed by atoms with Gasteiger partial charge in [-0.05, 0) is 36.7 Å². The van der Waals surface area contributed by atoms with Gasteiger partial charge in [-0.2, -0.15) is 11.8 Å². The van der Waals surface area contributed by atoms with Crippen molar-refractivity contribution in [3.05, 3.63) is 0 Å². The Kier molecular flexibility index (Phi) is 7.75. The molecule has 2 heteroatoms. The largest absolute Gasteiger partial charge is 0.314 e. The summed E-state index contributed by atoms with van der Waals surface area (Å²) < 4.78 is 0. The normalized spacial score (nSPS) is 15.9. The minimum Gasteiger partial charge on any atom is -0.314 e. The molecule has 0 radical (unpaired) electrons. The monoisotopic (exact) mass is 217 g/mol. The molecule has 0 bridgehead atoms. The fraction of sp³-hybridized carbons (Fsp3) is 1.00. The third kappa shape index (κ3) is 6.72. The number of nitrogens with one attached hydrogen (secondary N) is 1. The van der Waals surface area contributed by atoms with Gasteiger partial charge in [-0.1, -0.05) is 27.7 Å². The van der Waals surface area contributed by atoms with Crippen molar-refractivity contribution in [3.8, 4) is 0 Å². The molecule has 1 unspecified atom stereocenters. The van der Waals surface area contributed by atoms with E-state index in [0.29, 0.717) is 11.5 Å². The first kappa shape index (κ1) is 14.3. The molecule has 0 rings (SSSR count). The van der Waals surface area contributed by atoms with Crippen molar-refractivity contribution < 1.29 is 0 Å². The van der Waals surface area contributed by atoms with Crippen LogP contribution in [0.2, 0.25) is 0 Å². The second-order valence-corrected chi connectivity index (χ2v) is 5.78. The zero-order valence-electron chi connectivity index (χ0n) is 10.5. The van der Waals surface area contributed by atoms with Gasteiger partial charge >= 0.3 is 0 Å². The molecule has 0 aromatic rings. The van der Waals surface area contributed by atoms with Gasteiger partial charge in [0.1, 0.15) is 0 Å². The molecule has 0 fully saturated rings. The maximum absolute atomic E-state index is 3.56. The van der Waals surface area contributed by atoms with Crippen molar-refractivity contribution in [2.24, 2.45) is 5.41 Å². The predicted octanol–water partition coefficient (Wildman–Crippen LogP) is 3.54. The van der Waals surface area contributed by atoms with E-state index < -0.39 is 0 Å². The first-order valence-corrected chi connectivity index (χ1v) is 7.16. The highest BCUT2D eigenvalue weighted by atomic mass is 32.2. The first-order chi connectivity index (χ1) is 6.54. The van der Waals surface area contributed by atoms with E-state index in [2.05, 4.69) is 39.3 Å². The summed E-state index contributed by atoms with van der Waals surface area (Å²) in [5, 5.41) is 3.56. The molecule has 0 spiro atoms. The molecule has 0 aliphatic heterocycles. The van der Waals surface area contributed by atoms with Crippen LogP contribution in [0.15, 0.2) is 0 Å². The zero-order valence-corrected chi connectivity index (χ0v) is 11.3. The third-order valence-corrected chi connectivity index (χ3v) is 3.62. The molecular weight excluding hydrogens is 190 g/mol. The maximum atomic E-state index is 3.56. The molecule has 0 amide bonds. The van der Waals surface area contributed by atoms with Crippen LogP contribution in [-0.4, -0.2) is 24.6 Å². The molecule has 14 heavy (non-hydrogen) atoms. The van der Waals surface area contributed by atoms with Crippen LogP contribution < -0.4 is 5.32 Å². The van der Waals surface area contributed by atoms with Crippen molar-refractivity contribution in [2.45, 2.75) is 53.0 Å². The highest BCUT2D eigenvalue weighted by molar-refractivity contribution is 7.98. The first-order valence-electron chi connectivity index (χ1n) is 5.76. The molecular formula is C12H27NS. The second-order valence-electron chi connectivity index (χ2n) is 4.80. The Morgan fingerprint density at radius 2 is 2.00 bits per heavy atom. The highest BCUT2D eigenvalue weighted by Crippen LogP contribution is 2.27. The molecule has 1 nitrogen and oxygen atoms in total. The van der Waals surface area contributed by atoms with Crippen molar-refractivity contribution in [1.82, 2.24) is 5.32 Å².